The molecular formula is C12H16F2N2O2S. The number of rotatable bonds is 3. The summed E-state index contributed by atoms with van der Waals surface area (Å²) in [6, 6.07) is 2.07. The third-order valence-electron chi connectivity index (χ3n) is 3.32. The van der Waals surface area contributed by atoms with Gasteiger partial charge < -0.3 is 5.32 Å². The fourth-order valence-electron chi connectivity index (χ4n) is 2.09. The van der Waals surface area contributed by atoms with Crippen molar-refractivity contribution in [2.45, 2.75) is 24.3 Å². The average Bonchev–Trinajstić information content (AvgIpc) is 2.35. The van der Waals surface area contributed by atoms with Crippen LogP contribution in [0.15, 0.2) is 23.1 Å². The van der Waals surface area contributed by atoms with Crippen molar-refractivity contribution in [3.05, 3.63) is 29.8 Å². The lowest BCUT2D eigenvalue weighted by atomic mass is 9.96. The molecule has 0 bridgehead atoms. The Morgan fingerprint density at radius 2 is 2.11 bits per heavy atom. The van der Waals surface area contributed by atoms with E-state index in [-0.39, 0.29) is 12.0 Å². The number of sulfonamides is 1. The second-order valence-corrected chi connectivity index (χ2v) is 6.46. The Morgan fingerprint density at radius 1 is 1.37 bits per heavy atom. The van der Waals surface area contributed by atoms with Crippen molar-refractivity contribution in [2.24, 2.45) is 5.92 Å². The van der Waals surface area contributed by atoms with Crippen LogP contribution in [0.1, 0.15) is 13.3 Å². The summed E-state index contributed by atoms with van der Waals surface area (Å²) in [5.74, 6) is -1.59. The molecule has 0 saturated carbocycles. The molecule has 1 heterocycles. The molecule has 4 nitrogen and oxygen atoms in total. The van der Waals surface area contributed by atoms with E-state index in [9.17, 15) is 17.2 Å². The summed E-state index contributed by atoms with van der Waals surface area (Å²) < 4.78 is 53.2. The van der Waals surface area contributed by atoms with Gasteiger partial charge in [-0.25, -0.2) is 21.9 Å². The molecule has 0 amide bonds. The van der Waals surface area contributed by atoms with Gasteiger partial charge in [-0.3, -0.25) is 0 Å². The van der Waals surface area contributed by atoms with Crippen LogP contribution in [0.4, 0.5) is 8.78 Å². The first-order valence-corrected chi connectivity index (χ1v) is 7.56. The molecule has 0 aromatic heterocycles. The van der Waals surface area contributed by atoms with Crippen molar-refractivity contribution in [3.8, 4) is 0 Å². The van der Waals surface area contributed by atoms with E-state index in [0.29, 0.717) is 12.6 Å². The molecule has 1 aromatic rings. The average molecular weight is 290 g/mol. The SMILES string of the molecule is C[C@H]1CCNC[C@@H]1NS(=O)(=O)c1cc(F)ccc1F. The number of piperidine rings is 1. The molecule has 2 N–H and O–H groups in total. The molecule has 0 aliphatic carbocycles. The Labute approximate surface area is 111 Å². The van der Waals surface area contributed by atoms with Crippen molar-refractivity contribution >= 4 is 10.0 Å². The summed E-state index contributed by atoms with van der Waals surface area (Å²) in [7, 11) is -4.05. The van der Waals surface area contributed by atoms with Gasteiger partial charge in [0.15, 0.2) is 0 Å². The van der Waals surface area contributed by atoms with Crippen molar-refractivity contribution in [2.75, 3.05) is 13.1 Å². The lowest BCUT2D eigenvalue weighted by Crippen LogP contribution is -2.50. The van der Waals surface area contributed by atoms with Crippen molar-refractivity contribution < 1.29 is 17.2 Å². The van der Waals surface area contributed by atoms with Crippen LogP contribution in [0.2, 0.25) is 0 Å². The summed E-state index contributed by atoms with van der Waals surface area (Å²) in [4.78, 5) is -0.648. The second-order valence-electron chi connectivity index (χ2n) is 4.77. The quantitative estimate of drug-likeness (QED) is 0.880. The summed E-state index contributed by atoms with van der Waals surface area (Å²) in [5, 5.41) is 3.07. The van der Waals surface area contributed by atoms with Gasteiger partial charge in [0.2, 0.25) is 10.0 Å². The van der Waals surface area contributed by atoms with Gasteiger partial charge in [-0.2, -0.15) is 0 Å². The van der Waals surface area contributed by atoms with Gasteiger partial charge in [0, 0.05) is 12.6 Å². The van der Waals surface area contributed by atoms with E-state index in [1.807, 2.05) is 6.92 Å². The standard InChI is InChI=1S/C12H16F2N2O2S/c1-8-4-5-15-7-11(8)16-19(17,18)12-6-9(13)2-3-10(12)14/h2-3,6,8,11,15-16H,4-5,7H2,1H3/t8-,11-/m0/s1. The molecular weight excluding hydrogens is 274 g/mol. The Balaban J connectivity index is 2.24. The highest BCUT2D eigenvalue weighted by atomic mass is 32.2. The summed E-state index contributed by atoms with van der Waals surface area (Å²) >= 11 is 0. The van der Waals surface area contributed by atoms with Crippen molar-refractivity contribution in [1.82, 2.24) is 10.0 Å². The van der Waals surface area contributed by atoms with E-state index >= 15 is 0 Å². The first-order chi connectivity index (χ1) is 8.90. The van der Waals surface area contributed by atoms with E-state index < -0.39 is 26.6 Å². The molecule has 106 valence electrons. The van der Waals surface area contributed by atoms with Crippen LogP contribution >= 0.6 is 0 Å². The molecule has 7 heteroatoms. The van der Waals surface area contributed by atoms with Gasteiger partial charge in [-0.05, 0) is 37.1 Å². The maximum atomic E-state index is 13.5. The van der Waals surface area contributed by atoms with E-state index in [1.54, 1.807) is 0 Å². The molecule has 1 saturated heterocycles. The van der Waals surface area contributed by atoms with Crippen molar-refractivity contribution in [3.63, 3.8) is 0 Å². The maximum absolute atomic E-state index is 13.5. The fraction of sp³-hybridized carbons (Fsp3) is 0.500. The van der Waals surface area contributed by atoms with E-state index in [0.717, 1.165) is 25.1 Å². The first-order valence-electron chi connectivity index (χ1n) is 6.08. The minimum absolute atomic E-state index is 0.146. The van der Waals surface area contributed by atoms with Crippen LogP contribution in [0.25, 0.3) is 0 Å². The second kappa shape index (κ2) is 5.52. The Kier molecular flexibility index (Phi) is 4.17. The van der Waals surface area contributed by atoms with Gasteiger partial charge >= 0.3 is 0 Å². The number of halogens is 2. The molecule has 0 radical (unpaired) electrons. The maximum Gasteiger partial charge on any atom is 0.243 e. The lowest BCUT2D eigenvalue weighted by molar-refractivity contribution is 0.326. The van der Waals surface area contributed by atoms with Gasteiger partial charge in [0.25, 0.3) is 0 Å². The van der Waals surface area contributed by atoms with Gasteiger partial charge in [0.05, 0.1) is 0 Å². The van der Waals surface area contributed by atoms with E-state index in [1.165, 1.54) is 0 Å². The first kappa shape index (κ1) is 14.4. The predicted molar refractivity (Wildman–Crippen MR) is 67.1 cm³/mol. The third-order valence-corrected chi connectivity index (χ3v) is 4.82. The number of nitrogens with one attached hydrogen (secondary N) is 2. The summed E-state index contributed by atoms with van der Waals surface area (Å²) in [6.07, 6.45) is 0.832. The Bertz CT molecular complexity index is 563. The minimum atomic E-state index is -4.05. The zero-order chi connectivity index (χ0) is 14.0. The van der Waals surface area contributed by atoms with Gasteiger partial charge in [-0.15, -0.1) is 0 Å². The highest BCUT2D eigenvalue weighted by Gasteiger charge is 2.28. The normalized spacial score (nSPS) is 24.4. The van der Waals surface area contributed by atoms with Crippen molar-refractivity contribution in [1.29, 1.82) is 0 Å². The van der Waals surface area contributed by atoms with E-state index in [4.69, 9.17) is 0 Å². The minimum Gasteiger partial charge on any atom is -0.315 e. The van der Waals surface area contributed by atoms with Crippen LogP contribution in [0.5, 0.6) is 0 Å². The molecule has 2 rings (SSSR count). The van der Waals surface area contributed by atoms with Crippen LogP contribution in [0, 0.1) is 17.6 Å². The van der Waals surface area contributed by atoms with E-state index in [2.05, 4.69) is 10.0 Å². The highest BCUT2D eigenvalue weighted by molar-refractivity contribution is 7.89. The fourth-order valence-corrected chi connectivity index (χ4v) is 3.53. The number of hydrogen-bond donors (Lipinski definition) is 2. The van der Waals surface area contributed by atoms with Gasteiger partial charge in [-0.1, -0.05) is 6.92 Å². The number of hydrogen-bond acceptors (Lipinski definition) is 3. The highest BCUT2D eigenvalue weighted by Crippen LogP contribution is 2.19. The molecule has 1 aliphatic heterocycles. The zero-order valence-corrected chi connectivity index (χ0v) is 11.3. The predicted octanol–water partition coefficient (Wildman–Crippen LogP) is 1.24. The summed E-state index contributed by atoms with van der Waals surface area (Å²) in [6.45, 7) is 3.24. The van der Waals surface area contributed by atoms with Crippen LogP contribution in [-0.4, -0.2) is 27.5 Å². The smallest absolute Gasteiger partial charge is 0.243 e. The third kappa shape index (κ3) is 3.29. The zero-order valence-electron chi connectivity index (χ0n) is 10.5. The lowest BCUT2D eigenvalue weighted by Gasteiger charge is -2.30. The monoisotopic (exact) mass is 290 g/mol. The largest absolute Gasteiger partial charge is 0.315 e. The Morgan fingerprint density at radius 3 is 2.79 bits per heavy atom. The molecule has 1 fully saturated rings. The molecule has 1 aliphatic rings. The van der Waals surface area contributed by atoms with Crippen LogP contribution in [-0.2, 0) is 10.0 Å². The topological polar surface area (TPSA) is 58.2 Å². The summed E-state index contributed by atoms with van der Waals surface area (Å²) in [5.41, 5.74) is 0. The molecule has 1 aromatic carbocycles. The number of benzene rings is 1. The molecule has 19 heavy (non-hydrogen) atoms. The Hall–Kier alpha value is -1.05. The molecule has 0 spiro atoms. The molecule has 0 unspecified atom stereocenters. The van der Waals surface area contributed by atoms with Crippen LogP contribution < -0.4 is 10.0 Å². The van der Waals surface area contributed by atoms with Crippen LogP contribution in [0.3, 0.4) is 0 Å². The van der Waals surface area contributed by atoms with Gasteiger partial charge in [0.1, 0.15) is 16.5 Å². The molecule has 2 atom stereocenters.